The van der Waals surface area contributed by atoms with Gasteiger partial charge in [-0.2, -0.15) is 21.6 Å². The number of rotatable bonds is 6. The molecule has 0 spiro atoms. The second-order valence-electron chi connectivity index (χ2n) is 8.05. The second-order valence-corrected chi connectivity index (χ2v) is 10.6. The number of hydrogen-bond donors (Lipinski definition) is 1. The smallest absolute Gasteiger partial charge is 0.479 e. The molecule has 13 heteroatoms. The molecule has 3 rings (SSSR count). The van der Waals surface area contributed by atoms with E-state index in [1.807, 2.05) is 4.90 Å². The molecule has 2 aromatic rings. The molecule has 1 N–H and O–H groups in total. The maximum Gasteiger partial charge on any atom is 0.534 e. The van der Waals surface area contributed by atoms with Gasteiger partial charge in [-0.1, -0.05) is 11.3 Å². The Kier molecular flexibility index (Phi) is 5.91. The molecular weight excluding hydrogens is 461 g/mol. The summed E-state index contributed by atoms with van der Waals surface area (Å²) in [6, 6.07) is 1.49. The maximum atomic E-state index is 13.1. The van der Waals surface area contributed by atoms with Gasteiger partial charge in [-0.15, -0.1) is 0 Å². The first kappa shape index (κ1) is 23.5. The van der Waals surface area contributed by atoms with Gasteiger partial charge in [0.25, 0.3) is 0 Å². The van der Waals surface area contributed by atoms with Crippen LogP contribution in [0.5, 0.6) is 5.75 Å². The molecule has 1 aromatic heterocycles. The number of nitrogens with zero attached hydrogens (tertiary/aromatic N) is 2. The molecule has 1 aromatic carbocycles. The van der Waals surface area contributed by atoms with E-state index in [0.717, 1.165) is 17.8 Å². The van der Waals surface area contributed by atoms with Crippen molar-refractivity contribution in [2.45, 2.75) is 51.3 Å². The highest BCUT2D eigenvalue weighted by molar-refractivity contribution is 7.88. The van der Waals surface area contributed by atoms with Crippen molar-refractivity contribution in [1.82, 2.24) is 4.98 Å². The number of carboxylic acids is 1. The maximum absolute atomic E-state index is 13.1. The highest BCUT2D eigenvalue weighted by atomic mass is 32.2. The Hall–Kier alpha value is -2.12. The van der Waals surface area contributed by atoms with Crippen LogP contribution in [-0.4, -0.2) is 48.7 Å². The summed E-state index contributed by atoms with van der Waals surface area (Å²) in [5.41, 5.74) is -6.62. The lowest BCUT2D eigenvalue weighted by Gasteiger charge is -2.30. The highest BCUT2D eigenvalue weighted by Gasteiger charge is 2.49. The molecule has 172 valence electrons. The summed E-state index contributed by atoms with van der Waals surface area (Å²) in [7, 11) is -6.07. The van der Waals surface area contributed by atoms with Crippen molar-refractivity contribution < 1.29 is 40.4 Å². The molecule has 1 aliphatic heterocycles. The van der Waals surface area contributed by atoms with Crippen molar-refractivity contribution in [2.75, 3.05) is 18.0 Å². The number of hydrogen-bond acceptors (Lipinski definition) is 8. The Morgan fingerprint density at radius 3 is 2.35 bits per heavy atom. The van der Waals surface area contributed by atoms with E-state index in [1.54, 1.807) is 20.8 Å². The number of benzene rings is 1. The summed E-state index contributed by atoms with van der Waals surface area (Å²) in [6.07, 6.45) is -0.843. The number of anilines is 1. The average molecular weight is 483 g/mol. The monoisotopic (exact) mass is 482 g/mol. The zero-order valence-corrected chi connectivity index (χ0v) is 18.7. The summed E-state index contributed by atoms with van der Waals surface area (Å²) in [4.78, 5) is 18.2. The van der Waals surface area contributed by atoms with Crippen LogP contribution < -0.4 is 9.08 Å². The van der Waals surface area contributed by atoms with E-state index in [-0.39, 0.29) is 21.3 Å². The fourth-order valence-electron chi connectivity index (χ4n) is 2.96. The zero-order valence-electron chi connectivity index (χ0n) is 17.1. The lowest BCUT2D eigenvalue weighted by atomic mass is 10.0. The van der Waals surface area contributed by atoms with Crippen LogP contribution in [0.25, 0.3) is 10.2 Å². The van der Waals surface area contributed by atoms with Crippen molar-refractivity contribution >= 4 is 42.8 Å². The Balaban J connectivity index is 2.28. The highest BCUT2D eigenvalue weighted by Crippen LogP contribution is 2.45. The van der Waals surface area contributed by atoms with E-state index >= 15 is 0 Å². The van der Waals surface area contributed by atoms with Gasteiger partial charge in [-0.3, -0.25) is 0 Å². The lowest BCUT2D eigenvalue weighted by Crippen LogP contribution is -2.36. The van der Waals surface area contributed by atoms with Crippen molar-refractivity contribution in [1.29, 1.82) is 0 Å². The summed E-state index contributed by atoms with van der Waals surface area (Å²) in [5.74, 6) is -2.23. The zero-order chi connectivity index (χ0) is 23.4. The number of thiazole rings is 1. The van der Waals surface area contributed by atoms with Crippen LogP contribution in [0, 0.1) is 6.92 Å². The fraction of sp³-hybridized carbons (Fsp3) is 0.556. The SMILES string of the molecule is Cc1cc2nc(N3CCC3)sc2c(OS(=O)(=O)C(F)(F)F)c1C(OC(C)(C)C)C(=O)O. The van der Waals surface area contributed by atoms with E-state index in [0.29, 0.717) is 18.2 Å². The van der Waals surface area contributed by atoms with Gasteiger partial charge in [0.15, 0.2) is 17.0 Å². The van der Waals surface area contributed by atoms with Crippen molar-refractivity contribution in [3.8, 4) is 5.75 Å². The minimum Gasteiger partial charge on any atom is -0.479 e. The summed E-state index contributed by atoms with van der Waals surface area (Å²) in [6.45, 7) is 7.54. The Morgan fingerprint density at radius 2 is 1.90 bits per heavy atom. The van der Waals surface area contributed by atoms with Gasteiger partial charge < -0.3 is 18.9 Å². The van der Waals surface area contributed by atoms with Gasteiger partial charge in [0.2, 0.25) is 0 Å². The summed E-state index contributed by atoms with van der Waals surface area (Å²) < 4.78 is 73.1. The van der Waals surface area contributed by atoms with Gasteiger partial charge in [0, 0.05) is 18.7 Å². The van der Waals surface area contributed by atoms with E-state index in [2.05, 4.69) is 9.17 Å². The second kappa shape index (κ2) is 7.78. The van der Waals surface area contributed by atoms with Crippen LogP contribution in [0.2, 0.25) is 0 Å². The van der Waals surface area contributed by atoms with Crippen LogP contribution >= 0.6 is 11.3 Å². The van der Waals surface area contributed by atoms with Crippen molar-refractivity contribution in [3.05, 3.63) is 17.2 Å². The third-order valence-corrected chi connectivity index (χ3v) is 6.52. The van der Waals surface area contributed by atoms with Crippen LogP contribution in [0.15, 0.2) is 6.07 Å². The predicted molar refractivity (Wildman–Crippen MR) is 108 cm³/mol. The topological polar surface area (TPSA) is 106 Å². The summed E-state index contributed by atoms with van der Waals surface area (Å²) in [5, 5.41) is 10.2. The minimum absolute atomic E-state index is 0.000848. The average Bonchev–Trinajstić information content (AvgIpc) is 2.92. The van der Waals surface area contributed by atoms with Gasteiger partial charge >= 0.3 is 21.6 Å². The molecule has 0 aliphatic carbocycles. The number of ether oxygens (including phenoxy) is 1. The lowest BCUT2D eigenvalue weighted by molar-refractivity contribution is -0.160. The summed E-state index contributed by atoms with van der Waals surface area (Å²) >= 11 is 0.939. The molecule has 1 aliphatic rings. The molecule has 1 fully saturated rings. The predicted octanol–water partition coefficient (Wildman–Crippen LogP) is 3.98. The van der Waals surface area contributed by atoms with E-state index < -0.39 is 39.1 Å². The van der Waals surface area contributed by atoms with Gasteiger partial charge in [0.05, 0.1) is 11.1 Å². The number of aliphatic carboxylic acids is 1. The van der Waals surface area contributed by atoms with Crippen LogP contribution in [-0.2, 0) is 19.6 Å². The Bertz CT molecular complexity index is 1120. The first-order valence-electron chi connectivity index (χ1n) is 9.21. The standard InChI is InChI=1S/C18H21F3N2O6S2/c1-9-8-10-14(30-16(22-10)23-6-5-7-23)12(29-31(26,27)18(19,20)21)11(9)13(15(24)25)28-17(2,3)4/h8,13H,5-7H2,1-4H3,(H,24,25). The third-order valence-electron chi connectivity index (χ3n) is 4.43. The molecule has 8 nitrogen and oxygen atoms in total. The van der Waals surface area contributed by atoms with E-state index in [4.69, 9.17) is 4.74 Å². The number of carbonyl (C=O) groups is 1. The molecule has 0 saturated carbocycles. The van der Waals surface area contributed by atoms with Crippen LogP contribution in [0.4, 0.5) is 18.3 Å². The fourth-order valence-corrected chi connectivity index (χ4v) is 4.59. The third kappa shape index (κ3) is 4.72. The molecule has 1 saturated heterocycles. The molecule has 1 atom stereocenters. The molecule has 0 amide bonds. The van der Waals surface area contributed by atoms with Crippen LogP contribution in [0.1, 0.15) is 44.4 Å². The normalized spacial score (nSPS) is 16.3. The number of alkyl halides is 3. The Labute approximate surface area is 180 Å². The largest absolute Gasteiger partial charge is 0.534 e. The molecule has 0 bridgehead atoms. The first-order valence-corrected chi connectivity index (χ1v) is 11.4. The van der Waals surface area contributed by atoms with Gasteiger partial charge in [-0.05, 0) is 45.7 Å². The Morgan fingerprint density at radius 1 is 1.29 bits per heavy atom. The van der Waals surface area contributed by atoms with E-state index in [1.165, 1.54) is 13.0 Å². The number of aryl methyl sites for hydroxylation is 1. The number of aromatic nitrogens is 1. The number of fused-ring (bicyclic) bond motifs is 1. The number of halogens is 3. The van der Waals surface area contributed by atoms with E-state index in [9.17, 15) is 31.5 Å². The number of carboxylic acid groups (broad SMARTS) is 1. The minimum atomic E-state index is -6.07. The molecule has 2 heterocycles. The van der Waals surface area contributed by atoms with Crippen molar-refractivity contribution in [2.24, 2.45) is 0 Å². The molecule has 31 heavy (non-hydrogen) atoms. The van der Waals surface area contributed by atoms with Gasteiger partial charge in [0.1, 0.15) is 4.70 Å². The van der Waals surface area contributed by atoms with Crippen LogP contribution in [0.3, 0.4) is 0 Å². The van der Waals surface area contributed by atoms with Gasteiger partial charge in [-0.25, -0.2) is 9.78 Å². The molecule has 1 unspecified atom stereocenters. The molecular formula is C18H21F3N2O6S2. The quantitative estimate of drug-likeness (QED) is 0.487. The first-order chi connectivity index (χ1) is 14.1. The van der Waals surface area contributed by atoms with Crippen molar-refractivity contribution in [3.63, 3.8) is 0 Å². The molecule has 0 radical (unpaired) electrons.